The quantitative estimate of drug-likeness (QED) is 0.773. The molecule has 0 aliphatic carbocycles. The summed E-state index contributed by atoms with van der Waals surface area (Å²) in [6, 6.07) is 7.84. The molecule has 0 amide bonds. The molecule has 112 valence electrons. The van der Waals surface area contributed by atoms with Crippen LogP contribution in [0.4, 0.5) is 0 Å². The molecule has 0 aliphatic rings. The van der Waals surface area contributed by atoms with Gasteiger partial charge >= 0.3 is 5.97 Å². The molecular weight excluding hydrogens is 282 g/mol. The fourth-order valence-electron chi connectivity index (χ4n) is 2.52. The normalized spacial score (nSPS) is 11.0. The van der Waals surface area contributed by atoms with Gasteiger partial charge in [0.05, 0.1) is 0 Å². The second kappa shape index (κ2) is 5.14. The Kier molecular flexibility index (Phi) is 3.29. The molecule has 0 fully saturated rings. The number of aromatic amines is 1. The Hall–Kier alpha value is -2.89. The summed E-state index contributed by atoms with van der Waals surface area (Å²) in [5.74, 6) is -1.11. The Morgan fingerprint density at radius 2 is 2.05 bits per heavy atom. The lowest BCUT2D eigenvalue weighted by Gasteiger charge is -2.08. The van der Waals surface area contributed by atoms with Crippen molar-refractivity contribution in [1.29, 1.82) is 0 Å². The van der Waals surface area contributed by atoms with Gasteiger partial charge in [0.15, 0.2) is 5.65 Å². The number of carboxylic acids is 1. The molecule has 1 aromatic carbocycles. The Morgan fingerprint density at radius 3 is 2.73 bits per heavy atom. The van der Waals surface area contributed by atoms with Gasteiger partial charge in [-0.15, -0.1) is 0 Å². The number of benzene rings is 1. The van der Waals surface area contributed by atoms with Gasteiger partial charge < -0.3 is 5.11 Å². The molecule has 6 nitrogen and oxygen atoms in total. The molecule has 2 aromatic heterocycles. The first kappa shape index (κ1) is 14.1. The molecule has 2 heterocycles. The highest BCUT2D eigenvalue weighted by Gasteiger charge is 2.17. The van der Waals surface area contributed by atoms with Gasteiger partial charge in [0, 0.05) is 23.9 Å². The van der Waals surface area contributed by atoms with Gasteiger partial charge in [0.1, 0.15) is 5.56 Å². The number of fused-ring (bicyclic) bond motifs is 1. The Labute approximate surface area is 126 Å². The van der Waals surface area contributed by atoms with Crippen molar-refractivity contribution >= 4 is 11.6 Å². The van der Waals surface area contributed by atoms with Crippen LogP contribution in [-0.4, -0.2) is 25.7 Å². The van der Waals surface area contributed by atoms with E-state index in [4.69, 9.17) is 5.11 Å². The van der Waals surface area contributed by atoms with E-state index >= 15 is 0 Å². The van der Waals surface area contributed by atoms with Crippen LogP contribution in [0, 0.1) is 13.8 Å². The van der Waals surface area contributed by atoms with E-state index in [0.29, 0.717) is 17.7 Å². The fraction of sp³-hybridized carbons (Fsp3) is 0.188. The highest BCUT2D eigenvalue weighted by atomic mass is 16.4. The highest BCUT2D eigenvalue weighted by molar-refractivity contribution is 5.94. The third-order valence-electron chi connectivity index (χ3n) is 3.82. The summed E-state index contributed by atoms with van der Waals surface area (Å²) in [6.07, 6.45) is 1.75. The molecule has 0 atom stereocenters. The number of hydrogen-bond donors (Lipinski definition) is 2. The van der Waals surface area contributed by atoms with E-state index in [0.717, 1.165) is 11.1 Å². The van der Waals surface area contributed by atoms with Crippen molar-refractivity contribution < 1.29 is 9.90 Å². The predicted molar refractivity (Wildman–Crippen MR) is 81.5 cm³/mol. The van der Waals surface area contributed by atoms with Crippen molar-refractivity contribution in [3.8, 4) is 0 Å². The zero-order chi connectivity index (χ0) is 15.9. The van der Waals surface area contributed by atoms with Gasteiger partial charge in [-0.1, -0.05) is 24.3 Å². The molecule has 22 heavy (non-hydrogen) atoms. The van der Waals surface area contributed by atoms with Gasteiger partial charge in [-0.3, -0.25) is 9.89 Å². The molecule has 2 N–H and O–H groups in total. The predicted octanol–water partition coefficient (Wildman–Crippen LogP) is 1.93. The SMILES string of the molecule is Cc1ccccc1Cc1c(C)nc2c(C(=O)O)c[nH]n2c1=O. The van der Waals surface area contributed by atoms with Crippen LogP contribution in [0.25, 0.3) is 5.65 Å². The Balaban J connectivity index is 2.18. The van der Waals surface area contributed by atoms with Crippen LogP contribution in [0.2, 0.25) is 0 Å². The number of aromatic carboxylic acids is 1. The van der Waals surface area contributed by atoms with Crippen molar-refractivity contribution in [2.45, 2.75) is 20.3 Å². The van der Waals surface area contributed by atoms with Crippen molar-refractivity contribution in [2.24, 2.45) is 0 Å². The molecule has 0 saturated carbocycles. The first-order valence-electron chi connectivity index (χ1n) is 6.86. The number of nitrogens with one attached hydrogen (secondary N) is 1. The summed E-state index contributed by atoms with van der Waals surface area (Å²) in [4.78, 5) is 28.0. The van der Waals surface area contributed by atoms with Gasteiger partial charge in [-0.05, 0) is 25.0 Å². The standard InChI is InChI=1S/C16H15N3O3/c1-9-5-3-4-6-11(9)7-12-10(2)18-14-13(16(21)22)8-17-19(14)15(12)20/h3-6,8,17H,7H2,1-2H3,(H,21,22). The topological polar surface area (TPSA) is 87.5 Å². The average molecular weight is 297 g/mol. The molecule has 0 spiro atoms. The first-order chi connectivity index (χ1) is 10.5. The van der Waals surface area contributed by atoms with Crippen molar-refractivity contribution in [2.75, 3.05) is 0 Å². The van der Waals surface area contributed by atoms with Gasteiger partial charge in [0.2, 0.25) is 0 Å². The Bertz CT molecular complexity index is 937. The van der Waals surface area contributed by atoms with Crippen molar-refractivity contribution in [3.63, 3.8) is 0 Å². The monoisotopic (exact) mass is 297 g/mol. The number of hydrogen-bond acceptors (Lipinski definition) is 3. The summed E-state index contributed by atoms with van der Waals surface area (Å²) in [7, 11) is 0. The van der Waals surface area contributed by atoms with Gasteiger partial charge in [0.25, 0.3) is 5.56 Å². The van der Waals surface area contributed by atoms with Gasteiger partial charge in [-0.25, -0.2) is 14.3 Å². The van der Waals surface area contributed by atoms with Crippen molar-refractivity contribution in [3.05, 3.63) is 68.8 Å². The maximum absolute atomic E-state index is 12.6. The third kappa shape index (κ3) is 2.18. The minimum absolute atomic E-state index is 0.0114. The van der Waals surface area contributed by atoms with Crippen LogP contribution in [0.1, 0.15) is 32.7 Å². The second-order valence-corrected chi connectivity index (χ2v) is 5.24. The molecule has 3 aromatic rings. The van der Waals surface area contributed by atoms with Crippen LogP contribution < -0.4 is 5.56 Å². The van der Waals surface area contributed by atoms with E-state index in [1.165, 1.54) is 10.7 Å². The molecule has 0 saturated heterocycles. The zero-order valence-corrected chi connectivity index (χ0v) is 12.3. The van der Waals surface area contributed by atoms with E-state index in [1.54, 1.807) is 6.92 Å². The molecule has 6 heteroatoms. The smallest absolute Gasteiger partial charge is 0.341 e. The van der Waals surface area contributed by atoms with Crippen LogP contribution >= 0.6 is 0 Å². The van der Waals surface area contributed by atoms with E-state index in [2.05, 4.69) is 10.1 Å². The number of nitrogens with zero attached hydrogens (tertiary/aromatic N) is 2. The summed E-state index contributed by atoms with van der Waals surface area (Å²) in [5.41, 5.74) is 3.13. The van der Waals surface area contributed by atoms with E-state index < -0.39 is 5.97 Å². The molecule has 0 aliphatic heterocycles. The lowest BCUT2D eigenvalue weighted by molar-refractivity contribution is 0.0698. The molecule has 3 rings (SSSR count). The largest absolute Gasteiger partial charge is 0.477 e. The van der Waals surface area contributed by atoms with E-state index in [1.807, 2.05) is 31.2 Å². The van der Waals surface area contributed by atoms with Crippen molar-refractivity contribution in [1.82, 2.24) is 14.6 Å². The van der Waals surface area contributed by atoms with Crippen LogP contribution in [0.15, 0.2) is 35.3 Å². The van der Waals surface area contributed by atoms with E-state index in [-0.39, 0.29) is 16.8 Å². The number of rotatable bonds is 3. The summed E-state index contributed by atoms with van der Waals surface area (Å²) >= 11 is 0. The van der Waals surface area contributed by atoms with Gasteiger partial charge in [-0.2, -0.15) is 0 Å². The summed E-state index contributed by atoms with van der Waals surface area (Å²) in [6.45, 7) is 3.72. The number of carbonyl (C=O) groups is 1. The minimum atomic E-state index is -1.11. The average Bonchev–Trinajstić information content (AvgIpc) is 2.89. The first-order valence-corrected chi connectivity index (χ1v) is 6.86. The number of H-pyrrole nitrogens is 1. The molecule has 0 bridgehead atoms. The highest BCUT2D eigenvalue weighted by Crippen LogP contribution is 2.15. The third-order valence-corrected chi connectivity index (χ3v) is 3.82. The van der Waals surface area contributed by atoms with Crippen LogP contribution in [0.5, 0.6) is 0 Å². The Morgan fingerprint density at radius 1 is 1.32 bits per heavy atom. The zero-order valence-electron chi connectivity index (χ0n) is 12.3. The number of carboxylic acid groups (broad SMARTS) is 1. The lowest BCUT2D eigenvalue weighted by atomic mass is 10.0. The minimum Gasteiger partial charge on any atom is -0.477 e. The summed E-state index contributed by atoms with van der Waals surface area (Å²) in [5, 5.41) is 11.8. The molecule has 0 unspecified atom stereocenters. The maximum Gasteiger partial charge on any atom is 0.341 e. The van der Waals surface area contributed by atoms with Crippen LogP contribution in [-0.2, 0) is 6.42 Å². The molecule has 0 radical (unpaired) electrons. The number of aryl methyl sites for hydroxylation is 2. The second-order valence-electron chi connectivity index (χ2n) is 5.24. The van der Waals surface area contributed by atoms with E-state index in [9.17, 15) is 9.59 Å². The molecular formula is C16H15N3O3. The maximum atomic E-state index is 12.6. The summed E-state index contributed by atoms with van der Waals surface area (Å²) < 4.78 is 1.18. The fourth-order valence-corrected chi connectivity index (χ4v) is 2.52. The lowest BCUT2D eigenvalue weighted by Crippen LogP contribution is -2.22. The number of aromatic nitrogens is 3. The van der Waals surface area contributed by atoms with Crippen LogP contribution in [0.3, 0.4) is 0 Å².